The molecule has 0 rings (SSSR count). The highest BCUT2D eigenvalue weighted by molar-refractivity contribution is 5.88. The van der Waals surface area contributed by atoms with Crippen molar-refractivity contribution in [3.63, 3.8) is 0 Å². The number of nitrogens with one attached hydrogen (secondary N) is 1. The van der Waals surface area contributed by atoms with Crippen molar-refractivity contribution in [1.29, 1.82) is 0 Å². The summed E-state index contributed by atoms with van der Waals surface area (Å²) in [5, 5.41) is 11.2. The van der Waals surface area contributed by atoms with E-state index in [0.29, 0.717) is 19.8 Å². The fourth-order valence-electron chi connectivity index (χ4n) is 0.967. The predicted molar refractivity (Wildman–Crippen MR) is 61.8 cm³/mol. The van der Waals surface area contributed by atoms with E-state index >= 15 is 0 Å². The van der Waals surface area contributed by atoms with Crippen LogP contribution in [-0.2, 0) is 19.1 Å². The third-order valence-electron chi connectivity index (χ3n) is 2.14. The number of amides is 1. The molecule has 0 radical (unpaired) electrons. The van der Waals surface area contributed by atoms with Crippen molar-refractivity contribution < 1.29 is 24.2 Å². The van der Waals surface area contributed by atoms with E-state index in [-0.39, 0.29) is 0 Å². The Morgan fingerprint density at radius 1 is 1.35 bits per heavy atom. The molecule has 2 N–H and O–H groups in total. The SMILES string of the molecule is CCOCCOC(C)C(=O)NC(C)(C)C(=O)O. The minimum atomic E-state index is -1.30. The summed E-state index contributed by atoms with van der Waals surface area (Å²) in [4.78, 5) is 22.4. The highest BCUT2D eigenvalue weighted by atomic mass is 16.5. The summed E-state index contributed by atoms with van der Waals surface area (Å²) in [6, 6.07) is 0. The minimum Gasteiger partial charge on any atom is -0.480 e. The number of hydrogen-bond acceptors (Lipinski definition) is 4. The van der Waals surface area contributed by atoms with Crippen molar-refractivity contribution in [3.8, 4) is 0 Å². The van der Waals surface area contributed by atoms with Crippen molar-refractivity contribution in [1.82, 2.24) is 5.32 Å². The molecule has 0 fully saturated rings. The van der Waals surface area contributed by atoms with E-state index in [1.165, 1.54) is 13.8 Å². The number of rotatable bonds is 8. The average Bonchev–Trinajstić information content (AvgIpc) is 2.23. The largest absolute Gasteiger partial charge is 0.480 e. The Labute approximate surface area is 101 Å². The zero-order chi connectivity index (χ0) is 13.5. The standard InChI is InChI=1S/C11H21NO5/c1-5-16-6-7-17-8(2)9(13)12-11(3,4)10(14)15/h8H,5-7H2,1-4H3,(H,12,13)(H,14,15). The number of hydrogen-bond donors (Lipinski definition) is 2. The van der Waals surface area contributed by atoms with Gasteiger partial charge in [-0.05, 0) is 27.7 Å². The van der Waals surface area contributed by atoms with Crippen LogP contribution in [0, 0.1) is 0 Å². The van der Waals surface area contributed by atoms with Gasteiger partial charge in [-0.3, -0.25) is 4.79 Å². The van der Waals surface area contributed by atoms with Gasteiger partial charge in [0, 0.05) is 6.61 Å². The Morgan fingerprint density at radius 2 is 1.94 bits per heavy atom. The molecule has 1 unspecified atom stereocenters. The zero-order valence-corrected chi connectivity index (χ0v) is 10.8. The molecule has 0 spiro atoms. The molecule has 0 bridgehead atoms. The molecule has 0 aliphatic rings. The molecule has 6 heteroatoms. The molecule has 17 heavy (non-hydrogen) atoms. The van der Waals surface area contributed by atoms with Gasteiger partial charge in [0.2, 0.25) is 5.91 Å². The van der Waals surface area contributed by atoms with Crippen LogP contribution in [0.2, 0.25) is 0 Å². The van der Waals surface area contributed by atoms with Gasteiger partial charge >= 0.3 is 5.97 Å². The van der Waals surface area contributed by atoms with Gasteiger partial charge in [0.05, 0.1) is 13.2 Å². The Balaban J connectivity index is 4.01. The number of carbonyl (C=O) groups excluding carboxylic acids is 1. The van der Waals surface area contributed by atoms with Crippen LogP contribution in [0.15, 0.2) is 0 Å². The van der Waals surface area contributed by atoms with E-state index in [4.69, 9.17) is 14.6 Å². The van der Waals surface area contributed by atoms with E-state index < -0.39 is 23.5 Å². The van der Waals surface area contributed by atoms with Crippen molar-refractivity contribution in [3.05, 3.63) is 0 Å². The van der Waals surface area contributed by atoms with E-state index in [2.05, 4.69) is 5.32 Å². The van der Waals surface area contributed by atoms with Crippen LogP contribution in [0.3, 0.4) is 0 Å². The molecule has 1 amide bonds. The summed E-state index contributed by atoms with van der Waals surface area (Å²) in [5.74, 6) is -1.54. The Bertz CT molecular complexity index is 265. The lowest BCUT2D eigenvalue weighted by Gasteiger charge is -2.23. The molecule has 0 aliphatic heterocycles. The molecular formula is C11H21NO5. The van der Waals surface area contributed by atoms with E-state index in [9.17, 15) is 9.59 Å². The number of carboxylic acids is 1. The summed E-state index contributed by atoms with van der Waals surface area (Å²) < 4.78 is 10.3. The van der Waals surface area contributed by atoms with Crippen LogP contribution >= 0.6 is 0 Å². The van der Waals surface area contributed by atoms with Gasteiger partial charge in [-0.15, -0.1) is 0 Å². The first-order valence-electron chi connectivity index (χ1n) is 5.56. The molecule has 0 aromatic carbocycles. The maximum absolute atomic E-state index is 11.6. The van der Waals surface area contributed by atoms with Crippen LogP contribution in [0.25, 0.3) is 0 Å². The number of aliphatic carboxylic acids is 1. The van der Waals surface area contributed by atoms with Crippen molar-refractivity contribution in [2.24, 2.45) is 0 Å². The summed E-state index contributed by atoms with van der Waals surface area (Å²) in [7, 11) is 0. The molecule has 0 aromatic rings. The second-order valence-electron chi connectivity index (χ2n) is 4.13. The Kier molecular flexibility index (Phi) is 6.75. The fourth-order valence-corrected chi connectivity index (χ4v) is 0.967. The summed E-state index contributed by atoms with van der Waals surface area (Å²) >= 11 is 0. The van der Waals surface area contributed by atoms with Crippen LogP contribution in [0.5, 0.6) is 0 Å². The minimum absolute atomic E-state index is 0.302. The highest BCUT2D eigenvalue weighted by Gasteiger charge is 2.30. The molecule has 0 aromatic heterocycles. The number of carboxylic acid groups (broad SMARTS) is 1. The van der Waals surface area contributed by atoms with Gasteiger partial charge in [-0.25, -0.2) is 4.79 Å². The molecule has 0 saturated heterocycles. The molecular weight excluding hydrogens is 226 g/mol. The van der Waals surface area contributed by atoms with Gasteiger partial charge in [0.1, 0.15) is 11.6 Å². The monoisotopic (exact) mass is 247 g/mol. The average molecular weight is 247 g/mol. The maximum Gasteiger partial charge on any atom is 0.328 e. The quantitative estimate of drug-likeness (QED) is 0.607. The molecule has 100 valence electrons. The van der Waals surface area contributed by atoms with Crippen molar-refractivity contribution in [2.75, 3.05) is 19.8 Å². The topological polar surface area (TPSA) is 84.9 Å². The molecule has 1 atom stereocenters. The highest BCUT2D eigenvalue weighted by Crippen LogP contribution is 2.03. The number of ether oxygens (including phenoxy) is 2. The van der Waals surface area contributed by atoms with Crippen LogP contribution in [0.4, 0.5) is 0 Å². The smallest absolute Gasteiger partial charge is 0.328 e. The van der Waals surface area contributed by atoms with Gasteiger partial charge in [0.15, 0.2) is 0 Å². The van der Waals surface area contributed by atoms with Crippen molar-refractivity contribution >= 4 is 11.9 Å². The Morgan fingerprint density at radius 3 is 2.41 bits per heavy atom. The third-order valence-corrected chi connectivity index (χ3v) is 2.14. The van der Waals surface area contributed by atoms with Gasteiger partial charge < -0.3 is 19.9 Å². The third kappa shape index (κ3) is 6.23. The summed E-state index contributed by atoms with van der Waals surface area (Å²) in [5.41, 5.74) is -1.30. The molecule has 0 aliphatic carbocycles. The van der Waals surface area contributed by atoms with Crippen LogP contribution in [-0.4, -0.2) is 48.4 Å². The van der Waals surface area contributed by atoms with E-state index in [1.54, 1.807) is 6.92 Å². The van der Waals surface area contributed by atoms with E-state index in [0.717, 1.165) is 0 Å². The summed E-state index contributed by atoms with van der Waals surface area (Å²) in [6.07, 6.45) is -0.700. The zero-order valence-electron chi connectivity index (χ0n) is 10.8. The molecule has 0 saturated carbocycles. The number of carbonyl (C=O) groups is 2. The lowest BCUT2D eigenvalue weighted by atomic mass is 10.1. The first kappa shape index (κ1) is 15.9. The van der Waals surface area contributed by atoms with E-state index in [1.807, 2.05) is 6.92 Å². The second kappa shape index (κ2) is 7.24. The lowest BCUT2D eigenvalue weighted by molar-refractivity contribution is -0.148. The fraction of sp³-hybridized carbons (Fsp3) is 0.818. The second-order valence-corrected chi connectivity index (χ2v) is 4.13. The molecule has 6 nitrogen and oxygen atoms in total. The van der Waals surface area contributed by atoms with Crippen LogP contribution in [0.1, 0.15) is 27.7 Å². The summed E-state index contributed by atoms with van der Waals surface area (Å²) in [6.45, 7) is 7.58. The maximum atomic E-state index is 11.6. The van der Waals surface area contributed by atoms with Crippen LogP contribution < -0.4 is 5.32 Å². The first-order chi connectivity index (χ1) is 7.81. The first-order valence-corrected chi connectivity index (χ1v) is 5.56. The van der Waals surface area contributed by atoms with Gasteiger partial charge in [-0.1, -0.05) is 0 Å². The normalized spacial score (nSPS) is 13.2. The van der Waals surface area contributed by atoms with Gasteiger partial charge in [-0.2, -0.15) is 0 Å². The lowest BCUT2D eigenvalue weighted by Crippen LogP contribution is -2.52. The van der Waals surface area contributed by atoms with Gasteiger partial charge in [0.25, 0.3) is 0 Å². The molecule has 0 heterocycles. The Hall–Kier alpha value is -1.14. The predicted octanol–water partition coefficient (Wildman–Crippen LogP) is 0.407. The van der Waals surface area contributed by atoms with Crippen molar-refractivity contribution in [2.45, 2.75) is 39.3 Å².